The highest BCUT2D eigenvalue weighted by Crippen LogP contribution is 2.23. The lowest BCUT2D eigenvalue weighted by Gasteiger charge is -2.36. The van der Waals surface area contributed by atoms with Gasteiger partial charge in [0.05, 0.1) is 18.9 Å². The van der Waals surface area contributed by atoms with E-state index in [9.17, 15) is 14.0 Å². The summed E-state index contributed by atoms with van der Waals surface area (Å²) in [6.07, 6.45) is 1.63. The molecular formula is C29H32FN5O4. The van der Waals surface area contributed by atoms with Crippen molar-refractivity contribution in [2.45, 2.75) is 18.9 Å². The fourth-order valence-corrected chi connectivity index (χ4v) is 4.94. The summed E-state index contributed by atoms with van der Waals surface area (Å²) in [4.78, 5) is 31.8. The summed E-state index contributed by atoms with van der Waals surface area (Å²) >= 11 is 0. The predicted octanol–water partition coefficient (Wildman–Crippen LogP) is 3.26. The second kappa shape index (κ2) is 12.2. The van der Waals surface area contributed by atoms with Crippen molar-refractivity contribution in [2.24, 2.45) is 0 Å². The average molecular weight is 534 g/mol. The number of nitrogens with zero attached hydrogens (tertiary/aromatic N) is 5. The lowest BCUT2D eigenvalue weighted by Crippen LogP contribution is -2.52. The second-order valence-electron chi connectivity index (χ2n) is 9.71. The van der Waals surface area contributed by atoms with Gasteiger partial charge < -0.3 is 24.2 Å². The quantitative estimate of drug-likeness (QED) is 0.439. The van der Waals surface area contributed by atoms with Gasteiger partial charge in [-0.15, -0.1) is 10.2 Å². The monoisotopic (exact) mass is 533 g/mol. The lowest BCUT2D eigenvalue weighted by atomic mass is 10.1. The Kier molecular flexibility index (Phi) is 8.31. The topological polar surface area (TPSA) is 88.1 Å². The fourth-order valence-electron chi connectivity index (χ4n) is 4.94. The third-order valence-electron chi connectivity index (χ3n) is 7.11. The van der Waals surface area contributed by atoms with Crippen LogP contribution in [0.1, 0.15) is 23.2 Å². The Balaban J connectivity index is 1.19. The summed E-state index contributed by atoms with van der Waals surface area (Å²) in [6.45, 7) is 3.07. The molecule has 9 nitrogen and oxygen atoms in total. The van der Waals surface area contributed by atoms with E-state index in [0.29, 0.717) is 39.3 Å². The molecule has 0 radical (unpaired) electrons. The molecule has 1 aromatic heterocycles. The van der Waals surface area contributed by atoms with Crippen LogP contribution in [0.25, 0.3) is 11.3 Å². The molecule has 3 aromatic rings. The van der Waals surface area contributed by atoms with Gasteiger partial charge in [-0.2, -0.15) is 0 Å². The Labute approximate surface area is 227 Å². The molecule has 0 spiro atoms. The first-order valence-corrected chi connectivity index (χ1v) is 13.2. The van der Waals surface area contributed by atoms with E-state index in [1.54, 1.807) is 18.1 Å². The first-order chi connectivity index (χ1) is 19.0. The number of carbonyl (C=O) groups is 2. The molecule has 204 valence electrons. The molecule has 0 unspecified atom stereocenters. The van der Waals surface area contributed by atoms with Crippen molar-refractivity contribution in [3.05, 3.63) is 72.0 Å². The van der Waals surface area contributed by atoms with Crippen LogP contribution in [-0.2, 0) is 9.53 Å². The molecule has 2 aromatic carbocycles. The maximum atomic E-state index is 13.8. The number of rotatable bonds is 8. The minimum atomic E-state index is -0.486. The highest BCUT2D eigenvalue weighted by Gasteiger charge is 2.29. The van der Waals surface area contributed by atoms with Crippen LogP contribution >= 0.6 is 0 Å². The first-order valence-electron chi connectivity index (χ1n) is 13.2. The predicted molar refractivity (Wildman–Crippen MR) is 144 cm³/mol. The van der Waals surface area contributed by atoms with Crippen molar-refractivity contribution in [3.63, 3.8) is 0 Å². The Morgan fingerprint density at radius 1 is 1.05 bits per heavy atom. The molecule has 2 fully saturated rings. The Bertz CT molecular complexity index is 1290. The Hall–Kier alpha value is -4.05. The number of halogens is 1. The van der Waals surface area contributed by atoms with Gasteiger partial charge in [-0.05, 0) is 55.3 Å². The number of hydrogen-bond acceptors (Lipinski definition) is 7. The van der Waals surface area contributed by atoms with Gasteiger partial charge in [0.2, 0.25) is 5.91 Å². The van der Waals surface area contributed by atoms with Gasteiger partial charge >= 0.3 is 0 Å². The zero-order valence-electron chi connectivity index (χ0n) is 22.0. The standard InChI is InChI=1S/C29H32FN5O4/c1-38-24-8-3-5-21(18-24)26-10-11-27(32-31-26)33-12-14-34(15-13-33)28(36)20-35(19-25-9-4-16-39-25)29(37)22-6-2-7-23(30)17-22/h2-3,5-8,10-11,17-18,25H,4,9,12-16,19-20H2,1H3/t25-/m0/s1. The highest BCUT2D eigenvalue weighted by atomic mass is 19.1. The van der Waals surface area contributed by atoms with Crippen molar-refractivity contribution < 1.29 is 23.5 Å². The van der Waals surface area contributed by atoms with E-state index >= 15 is 0 Å². The Morgan fingerprint density at radius 2 is 1.87 bits per heavy atom. The smallest absolute Gasteiger partial charge is 0.254 e. The maximum absolute atomic E-state index is 13.8. The molecule has 0 saturated carbocycles. The molecule has 0 N–H and O–H groups in total. The third-order valence-corrected chi connectivity index (χ3v) is 7.11. The van der Waals surface area contributed by atoms with Gasteiger partial charge in [0, 0.05) is 50.5 Å². The highest BCUT2D eigenvalue weighted by molar-refractivity contribution is 5.96. The van der Waals surface area contributed by atoms with Crippen LogP contribution in [0.3, 0.4) is 0 Å². The molecule has 0 bridgehead atoms. The van der Waals surface area contributed by atoms with Crippen molar-refractivity contribution in [3.8, 4) is 17.0 Å². The van der Waals surface area contributed by atoms with Gasteiger partial charge in [-0.3, -0.25) is 9.59 Å². The molecule has 2 saturated heterocycles. The van der Waals surface area contributed by atoms with Gasteiger partial charge in [-0.25, -0.2) is 4.39 Å². The minimum absolute atomic E-state index is 0.0791. The fraction of sp³-hybridized carbons (Fsp3) is 0.379. The van der Waals surface area contributed by atoms with Gasteiger partial charge in [0.1, 0.15) is 18.1 Å². The van der Waals surface area contributed by atoms with E-state index in [4.69, 9.17) is 9.47 Å². The van der Waals surface area contributed by atoms with Gasteiger partial charge in [0.15, 0.2) is 5.82 Å². The minimum Gasteiger partial charge on any atom is -0.497 e. The van der Waals surface area contributed by atoms with Crippen molar-refractivity contribution in [2.75, 3.05) is 57.9 Å². The van der Waals surface area contributed by atoms with E-state index in [2.05, 4.69) is 15.1 Å². The van der Waals surface area contributed by atoms with Crippen LogP contribution in [0.5, 0.6) is 5.75 Å². The summed E-state index contributed by atoms with van der Waals surface area (Å²) in [7, 11) is 1.63. The van der Waals surface area contributed by atoms with Crippen LogP contribution in [0.4, 0.5) is 10.2 Å². The van der Waals surface area contributed by atoms with Crippen LogP contribution in [0.2, 0.25) is 0 Å². The van der Waals surface area contributed by atoms with E-state index < -0.39 is 5.82 Å². The number of ether oxygens (including phenoxy) is 2. The van der Waals surface area contributed by atoms with Crippen LogP contribution < -0.4 is 9.64 Å². The SMILES string of the molecule is COc1cccc(-c2ccc(N3CCN(C(=O)CN(C[C@@H]4CCCO4)C(=O)c4cccc(F)c4)CC3)nn2)c1. The zero-order valence-corrected chi connectivity index (χ0v) is 22.0. The van der Waals surface area contributed by atoms with Crippen LogP contribution in [0, 0.1) is 5.82 Å². The van der Waals surface area contributed by atoms with E-state index in [0.717, 1.165) is 35.7 Å². The summed E-state index contributed by atoms with van der Waals surface area (Å²) in [5.41, 5.74) is 1.89. The number of carbonyl (C=O) groups excluding carboxylic acids is 2. The molecule has 5 rings (SSSR count). The zero-order chi connectivity index (χ0) is 27.2. The van der Waals surface area contributed by atoms with E-state index in [1.165, 1.54) is 23.1 Å². The lowest BCUT2D eigenvalue weighted by molar-refractivity contribution is -0.132. The van der Waals surface area contributed by atoms with Gasteiger partial charge in [0.25, 0.3) is 5.91 Å². The van der Waals surface area contributed by atoms with E-state index in [1.807, 2.05) is 36.4 Å². The maximum Gasteiger partial charge on any atom is 0.254 e. The van der Waals surface area contributed by atoms with E-state index in [-0.39, 0.29) is 30.0 Å². The van der Waals surface area contributed by atoms with Gasteiger partial charge in [-0.1, -0.05) is 18.2 Å². The Morgan fingerprint density at radius 3 is 2.56 bits per heavy atom. The van der Waals surface area contributed by atoms with Crippen LogP contribution in [-0.4, -0.2) is 90.9 Å². The molecular weight excluding hydrogens is 501 g/mol. The summed E-state index contributed by atoms with van der Waals surface area (Å²) < 4.78 is 24.8. The largest absolute Gasteiger partial charge is 0.497 e. The number of hydrogen-bond donors (Lipinski definition) is 0. The summed E-state index contributed by atoms with van der Waals surface area (Å²) in [5.74, 6) is 0.501. The molecule has 10 heteroatoms. The molecule has 1 atom stereocenters. The second-order valence-corrected chi connectivity index (χ2v) is 9.71. The molecule has 3 heterocycles. The number of aromatic nitrogens is 2. The van der Waals surface area contributed by atoms with Crippen molar-refractivity contribution in [1.29, 1.82) is 0 Å². The number of piperazine rings is 1. The normalized spacial score (nSPS) is 17.2. The molecule has 0 aliphatic carbocycles. The molecule has 2 aliphatic heterocycles. The first kappa shape index (κ1) is 26.6. The average Bonchev–Trinajstić information content (AvgIpc) is 3.50. The van der Waals surface area contributed by atoms with Crippen molar-refractivity contribution >= 4 is 17.6 Å². The molecule has 2 amide bonds. The summed E-state index contributed by atoms with van der Waals surface area (Å²) in [5, 5.41) is 8.79. The third kappa shape index (κ3) is 6.51. The summed E-state index contributed by atoms with van der Waals surface area (Å²) in [6, 6.07) is 17.1. The van der Waals surface area contributed by atoms with Crippen LogP contribution in [0.15, 0.2) is 60.7 Å². The molecule has 2 aliphatic rings. The number of benzene rings is 2. The van der Waals surface area contributed by atoms with Crippen molar-refractivity contribution in [1.82, 2.24) is 20.0 Å². The number of methoxy groups -OCH3 is 1. The number of amides is 2. The number of anilines is 1. The molecule has 39 heavy (non-hydrogen) atoms.